The van der Waals surface area contributed by atoms with Gasteiger partial charge in [0.25, 0.3) is 0 Å². The van der Waals surface area contributed by atoms with Gasteiger partial charge in [0.2, 0.25) is 0 Å². The van der Waals surface area contributed by atoms with E-state index in [9.17, 15) is 9.59 Å². The van der Waals surface area contributed by atoms with Crippen LogP contribution in [0.15, 0.2) is 41.2 Å². The smallest absolute Gasteiger partial charge is 0.355 e. The average molecular weight is 296 g/mol. The number of pyridine rings is 1. The van der Waals surface area contributed by atoms with E-state index in [1.807, 2.05) is 19.1 Å². The molecule has 0 radical (unpaired) electrons. The molecule has 2 aromatic heterocycles. The van der Waals surface area contributed by atoms with E-state index in [2.05, 4.69) is 9.97 Å². The third-order valence-electron chi connectivity index (χ3n) is 3.49. The number of rotatable bonds is 3. The molecule has 2 N–H and O–H groups in total. The molecule has 0 aliphatic heterocycles. The van der Waals surface area contributed by atoms with Gasteiger partial charge in [-0.1, -0.05) is 12.1 Å². The number of benzene rings is 1. The van der Waals surface area contributed by atoms with Gasteiger partial charge >= 0.3 is 5.97 Å². The van der Waals surface area contributed by atoms with Crippen molar-refractivity contribution < 1.29 is 9.53 Å². The van der Waals surface area contributed by atoms with Crippen LogP contribution in [0, 0.1) is 6.92 Å². The quantitative estimate of drug-likeness (QED) is 0.730. The van der Waals surface area contributed by atoms with Gasteiger partial charge in [-0.3, -0.25) is 4.79 Å². The Morgan fingerprint density at radius 1 is 1.14 bits per heavy atom. The molecule has 1 aromatic carbocycles. The van der Waals surface area contributed by atoms with Crippen LogP contribution in [0.3, 0.4) is 0 Å². The first-order valence-corrected chi connectivity index (χ1v) is 7.10. The van der Waals surface area contributed by atoms with Gasteiger partial charge in [-0.25, -0.2) is 4.79 Å². The molecule has 0 aliphatic carbocycles. The molecule has 0 fully saturated rings. The standard InChI is InChI=1S/C17H16N2O3/c1-3-22-17(21)15-14(13-9-8-10(2)18-13)16(20)11-6-4-5-7-12(11)19-15/h4-9,18H,3H2,1-2H3,(H,19,20). The molecule has 3 aromatic rings. The lowest BCUT2D eigenvalue weighted by molar-refractivity contribution is 0.0521. The van der Waals surface area contributed by atoms with Gasteiger partial charge in [0.1, 0.15) is 5.69 Å². The molecule has 0 saturated heterocycles. The summed E-state index contributed by atoms with van der Waals surface area (Å²) in [6, 6.07) is 10.8. The zero-order valence-electron chi connectivity index (χ0n) is 12.4. The third kappa shape index (κ3) is 2.30. The van der Waals surface area contributed by atoms with Crippen molar-refractivity contribution in [1.29, 1.82) is 0 Å². The summed E-state index contributed by atoms with van der Waals surface area (Å²) >= 11 is 0. The highest BCUT2D eigenvalue weighted by Crippen LogP contribution is 2.22. The number of ether oxygens (including phenoxy) is 1. The van der Waals surface area contributed by atoms with Crippen LogP contribution in [-0.4, -0.2) is 22.5 Å². The third-order valence-corrected chi connectivity index (χ3v) is 3.49. The number of aryl methyl sites for hydroxylation is 1. The van der Waals surface area contributed by atoms with Crippen LogP contribution in [0.4, 0.5) is 0 Å². The van der Waals surface area contributed by atoms with Crippen molar-refractivity contribution in [2.24, 2.45) is 0 Å². The van der Waals surface area contributed by atoms with E-state index >= 15 is 0 Å². The summed E-state index contributed by atoms with van der Waals surface area (Å²) in [4.78, 5) is 31.2. The molecule has 5 heteroatoms. The Balaban J connectivity index is 2.35. The van der Waals surface area contributed by atoms with Crippen molar-refractivity contribution >= 4 is 16.9 Å². The van der Waals surface area contributed by atoms with Crippen LogP contribution in [0.2, 0.25) is 0 Å². The SMILES string of the molecule is CCOC(=O)c1[nH]c2ccccc2c(=O)c1-c1ccc(C)[nH]1. The summed E-state index contributed by atoms with van der Waals surface area (Å²) in [5.41, 5.74) is 2.42. The first kappa shape index (κ1) is 14.1. The maximum absolute atomic E-state index is 12.8. The summed E-state index contributed by atoms with van der Waals surface area (Å²) in [5, 5.41) is 0.540. The van der Waals surface area contributed by atoms with Crippen LogP contribution in [0.25, 0.3) is 22.2 Å². The van der Waals surface area contributed by atoms with Crippen molar-refractivity contribution in [3.05, 3.63) is 58.0 Å². The monoisotopic (exact) mass is 296 g/mol. The molecule has 0 unspecified atom stereocenters. The van der Waals surface area contributed by atoms with E-state index in [1.165, 1.54) is 0 Å². The van der Waals surface area contributed by atoms with Gasteiger partial charge in [-0.2, -0.15) is 0 Å². The summed E-state index contributed by atoms with van der Waals surface area (Å²) in [5.74, 6) is -0.535. The Labute approximate surface area is 126 Å². The number of hydrogen-bond donors (Lipinski definition) is 2. The van der Waals surface area contributed by atoms with Crippen molar-refractivity contribution in [3.8, 4) is 11.3 Å². The van der Waals surface area contributed by atoms with Gasteiger partial charge in [0.15, 0.2) is 5.43 Å². The number of para-hydroxylation sites is 1. The lowest BCUT2D eigenvalue weighted by Crippen LogP contribution is -2.17. The number of carbonyl (C=O) groups excluding carboxylic acids is 1. The normalized spacial score (nSPS) is 10.8. The second-order valence-electron chi connectivity index (χ2n) is 5.03. The molecule has 22 heavy (non-hydrogen) atoms. The number of aromatic amines is 2. The van der Waals surface area contributed by atoms with Crippen LogP contribution < -0.4 is 5.43 Å². The molecule has 0 saturated carbocycles. The van der Waals surface area contributed by atoms with Gasteiger partial charge < -0.3 is 14.7 Å². The van der Waals surface area contributed by atoms with Crippen LogP contribution in [0.5, 0.6) is 0 Å². The van der Waals surface area contributed by atoms with E-state index in [0.29, 0.717) is 22.2 Å². The number of aromatic nitrogens is 2. The fraction of sp³-hybridized carbons (Fsp3) is 0.176. The second-order valence-corrected chi connectivity index (χ2v) is 5.03. The van der Waals surface area contributed by atoms with Gasteiger partial charge in [0.05, 0.1) is 17.9 Å². The highest BCUT2D eigenvalue weighted by atomic mass is 16.5. The van der Waals surface area contributed by atoms with Crippen molar-refractivity contribution in [3.63, 3.8) is 0 Å². The Kier molecular flexibility index (Phi) is 3.55. The number of H-pyrrole nitrogens is 2. The van der Waals surface area contributed by atoms with E-state index in [0.717, 1.165) is 5.69 Å². The minimum absolute atomic E-state index is 0.174. The lowest BCUT2D eigenvalue weighted by Gasteiger charge is -2.09. The summed E-state index contributed by atoms with van der Waals surface area (Å²) in [6.45, 7) is 3.87. The maximum Gasteiger partial charge on any atom is 0.355 e. The van der Waals surface area contributed by atoms with Crippen molar-refractivity contribution in [1.82, 2.24) is 9.97 Å². The first-order chi connectivity index (χ1) is 10.6. The van der Waals surface area contributed by atoms with Gasteiger partial charge in [-0.15, -0.1) is 0 Å². The molecule has 112 valence electrons. The lowest BCUT2D eigenvalue weighted by atomic mass is 10.1. The highest BCUT2D eigenvalue weighted by molar-refractivity contribution is 5.98. The molecule has 3 rings (SSSR count). The van der Waals surface area contributed by atoms with E-state index in [4.69, 9.17) is 4.74 Å². The van der Waals surface area contributed by atoms with Gasteiger partial charge in [0, 0.05) is 16.6 Å². The fourth-order valence-corrected chi connectivity index (χ4v) is 2.50. The highest BCUT2D eigenvalue weighted by Gasteiger charge is 2.21. The number of nitrogens with one attached hydrogen (secondary N) is 2. The zero-order chi connectivity index (χ0) is 15.7. The van der Waals surface area contributed by atoms with Crippen molar-refractivity contribution in [2.45, 2.75) is 13.8 Å². The summed E-state index contributed by atoms with van der Waals surface area (Å²) in [6.07, 6.45) is 0. The fourth-order valence-electron chi connectivity index (χ4n) is 2.50. The number of carbonyl (C=O) groups is 1. The molecule has 0 bridgehead atoms. The number of esters is 1. The molecule has 0 spiro atoms. The topological polar surface area (TPSA) is 75.0 Å². The van der Waals surface area contributed by atoms with Crippen LogP contribution in [-0.2, 0) is 4.74 Å². The Morgan fingerprint density at radius 3 is 2.59 bits per heavy atom. The minimum Gasteiger partial charge on any atom is -0.461 e. The molecule has 0 amide bonds. The second kappa shape index (κ2) is 5.52. The summed E-state index contributed by atoms with van der Waals surface area (Å²) < 4.78 is 5.08. The predicted molar refractivity (Wildman–Crippen MR) is 85.0 cm³/mol. The largest absolute Gasteiger partial charge is 0.461 e. The van der Waals surface area contributed by atoms with Crippen molar-refractivity contribution in [2.75, 3.05) is 6.61 Å². The van der Waals surface area contributed by atoms with E-state index < -0.39 is 5.97 Å². The Morgan fingerprint density at radius 2 is 1.91 bits per heavy atom. The minimum atomic E-state index is -0.535. The average Bonchev–Trinajstić information content (AvgIpc) is 2.93. The summed E-state index contributed by atoms with van der Waals surface area (Å²) in [7, 11) is 0. The molecular formula is C17H16N2O3. The predicted octanol–water partition coefficient (Wildman–Crippen LogP) is 3.01. The molecule has 0 aliphatic rings. The van der Waals surface area contributed by atoms with E-state index in [-0.39, 0.29) is 17.7 Å². The molecule has 0 atom stereocenters. The van der Waals surface area contributed by atoms with Gasteiger partial charge in [-0.05, 0) is 38.1 Å². The Bertz CT molecular complexity index is 906. The number of fused-ring (bicyclic) bond motifs is 1. The first-order valence-electron chi connectivity index (χ1n) is 7.10. The number of hydrogen-bond acceptors (Lipinski definition) is 3. The molecule has 2 heterocycles. The van der Waals surface area contributed by atoms with E-state index in [1.54, 1.807) is 31.2 Å². The van der Waals surface area contributed by atoms with Crippen LogP contribution >= 0.6 is 0 Å². The molecular weight excluding hydrogens is 280 g/mol. The zero-order valence-corrected chi connectivity index (χ0v) is 12.4. The Hall–Kier alpha value is -2.82. The maximum atomic E-state index is 12.8. The molecule has 5 nitrogen and oxygen atoms in total. The van der Waals surface area contributed by atoms with Crippen LogP contribution in [0.1, 0.15) is 23.1 Å².